The fraction of sp³-hybridized carbons (Fsp3) is 1.00. The largest absolute Gasteiger partial charge is 0.135 e. The lowest BCUT2D eigenvalue weighted by Crippen LogP contribution is -1.97. The first-order chi connectivity index (χ1) is 6.56. The van der Waals surface area contributed by atoms with E-state index in [2.05, 4.69) is 54.7 Å². The summed E-state index contributed by atoms with van der Waals surface area (Å²) in [6, 6.07) is 0. The summed E-state index contributed by atoms with van der Waals surface area (Å²) in [7, 11) is 0. The quantitative estimate of drug-likeness (QED) is 0.333. The van der Waals surface area contributed by atoms with E-state index in [9.17, 15) is 0 Å². The van der Waals surface area contributed by atoms with Gasteiger partial charge < -0.3 is 0 Å². The standard InChI is InChI=1S/C11H21Br3/c1-2-3-4-5-6-7-8-9-10-11(12,13)14/h2-10H2,1H3. The Morgan fingerprint density at radius 1 is 0.714 bits per heavy atom. The summed E-state index contributed by atoms with van der Waals surface area (Å²) in [5.41, 5.74) is 0. The molecule has 0 aromatic carbocycles. The van der Waals surface area contributed by atoms with E-state index in [4.69, 9.17) is 0 Å². The highest BCUT2D eigenvalue weighted by Gasteiger charge is 2.15. The van der Waals surface area contributed by atoms with Crippen LogP contribution in [0, 0.1) is 0 Å². The third-order valence-electron chi connectivity index (χ3n) is 2.31. The first-order valence-electron chi connectivity index (χ1n) is 5.63. The average Bonchev–Trinajstić information content (AvgIpc) is 2.08. The van der Waals surface area contributed by atoms with Gasteiger partial charge in [0.25, 0.3) is 0 Å². The Morgan fingerprint density at radius 2 is 1.14 bits per heavy atom. The molecule has 0 saturated carbocycles. The molecule has 0 spiro atoms. The number of halogens is 3. The fourth-order valence-corrected chi connectivity index (χ4v) is 2.30. The Morgan fingerprint density at radius 3 is 1.57 bits per heavy atom. The number of alkyl halides is 3. The van der Waals surface area contributed by atoms with E-state index >= 15 is 0 Å². The number of unbranched alkanes of at least 4 members (excludes halogenated alkanes) is 7. The summed E-state index contributed by atoms with van der Waals surface area (Å²) in [6.07, 6.45) is 12.2. The molecule has 0 aliphatic carbocycles. The summed E-state index contributed by atoms with van der Waals surface area (Å²) in [5.74, 6) is 0. The Bertz CT molecular complexity index is 118. The van der Waals surface area contributed by atoms with E-state index < -0.39 is 0 Å². The summed E-state index contributed by atoms with van der Waals surface area (Å²) < 4.78 is -0.0186. The molecular weight excluding hydrogens is 372 g/mol. The van der Waals surface area contributed by atoms with E-state index in [1.54, 1.807) is 0 Å². The molecule has 86 valence electrons. The van der Waals surface area contributed by atoms with Crippen LogP contribution in [0.25, 0.3) is 0 Å². The minimum Gasteiger partial charge on any atom is -0.0654 e. The topological polar surface area (TPSA) is 0 Å². The van der Waals surface area contributed by atoms with Gasteiger partial charge in [-0.1, -0.05) is 106 Å². The second-order valence-electron chi connectivity index (χ2n) is 3.84. The summed E-state index contributed by atoms with van der Waals surface area (Å²) in [6.45, 7) is 2.27. The molecule has 0 aromatic heterocycles. The molecule has 0 radical (unpaired) electrons. The summed E-state index contributed by atoms with van der Waals surface area (Å²) in [4.78, 5) is 0. The van der Waals surface area contributed by atoms with Gasteiger partial charge in [0.2, 0.25) is 0 Å². The maximum atomic E-state index is 3.52. The summed E-state index contributed by atoms with van der Waals surface area (Å²) in [5, 5.41) is 0. The highest BCUT2D eigenvalue weighted by atomic mass is 80.0. The van der Waals surface area contributed by atoms with Gasteiger partial charge in [0.05, 0.1) is 0 Å². The zero-order chi connectivity index (χ0) is 10.9. The molecular formula is C11H21Br3. The minimum atomic E-state index is -0.0186. The third-order valence-corrected chi connectivity index (χ3v) is 3.50. The summed E-state index contributed by atoms with van der Waals surface area (Å²) >= 11 is 10.5. The molecule has 3 heteroatoms. The Kier molecular flexibility index (Phi) is 10.6. The van der Waals surface area contributed by atoms with Crippen molar-refractivity contribution < 1.29 is 0 Å². The van der Waals surface area contributed by atoms with E-state index in [1.807, 2.05) is 0 Å². The van der Waals surface area contributed by atoms with Crippen molar-refractivity contribution in [2.45, 2.75) is 66.9 Å². The third kappa shape index (κ3) is 13.4. The second kappa shape index (κ2) is 9.65. The van der Waals surface area contributed by atoms with Crippen molar-refractivity contribution in [3.05, 3.63) is 0 Å². The van der Waals surface area contributed by atoms with E-state index in [0.717, 1.165) is 6.42 Å². The van der Waals surface area contributed by atoms with Crippen molar-refractivity contribution in [1.82, 2.24) is 0 Å². The van der Waals surface area contributed by atoms with Gasteiger partial charge in [-0.3, -0.25) is 0 Å². The molecule has 0 amide bonds. The number of hydrogen-bond donors (Lipinski definition) is 0. The van der Waals surface area contributed by atoms with Crippen molar-refractivity contribution >= 4 is 47.8 Å². The highest BCUT2D eigenvalue weighted by molar-refractivity contribution is 9.39. The molecule has 0 rings (SSSR count). The van der Waals surface area contributed by atoms with Crippen molar-refractivity contribution in [3.8, 4) is 0 Å². The van der Waals surface area contributed by atoms with Gasteiger partial charge in [-0.25, -0.2) is 0 Å². The van der Waals surface area contributed by atoms with Crippen molar-refractivity contribution in [3.63, 3.8) is 0 Å². The predicted octanol–water partition coefficient (Wildman–Crippen LogP) is 6.36. The van der Waals surface area contributed by atoms with Gasteiger partial charge in [0.15, 0.2) is 0 Å². The molecule has 0 saturated heterocycles. The Hall–Kier alpha value is 1.44. The zero-order valence-corrected chi connectivity index (χ0v) is 13.8. The fourth-order valence-electron chi connectivity index (χ4n) is 1.46. The van der Waals surface area contributed by atoms with Gasteiger partial charge in [0.1, 0.15) is 2.14 Å². The normalized spacial score (nSPS) is 12.0. The van der Waals surface area contributed by atoms with Crippen LogP contribution in [0.3, 0.4) is 0 Å². The molecule has 0 aliphatic rings. The van der Waals surface area contributed by atoms with Gasteiger partial charge in [-0.15, -0.1) is 0 Å². The zero-order valence-electron chi connectivity index (χ0n) is 9.00. The molecule has 0 atom stereocenters. The van der Waals surface area contributed by atoms with Crippen LogP contribution in [0.4, 0.5) is 0 Å². The first kappa shape index (κ1) is 15.4. The molecule has 0 nitrogen and oxygen atoms in total. The molecule has 0 unspecified atom stereocenters. The molecule has 0 fully saturated rings. The van der Waals surface area contributed by atoms with E-state index in [1.165, 1.54) is 51.4 Å². The van der Waals surface area contributed by atoms with Crippen LogP contribution in [-0.2, 0) is 0 Å². The number of hydrogen-bond acceptors (Lipinski definition) is 0. The minimum absolute atomic E-state index is 0.0186. The molecule has 0 aliphatic heterocycles. The predicted molar refractivity (Wildman–Crippen MR) is 76.7 cm³/mol. The van der Waals surface area contributed by atoms with Crippen molar-refractivity contribution in [2.75, 3.05) is 0 Å². The number of rotatable bonds is 8. The highest BCUT2D eigenvalue weighted by Crippen LogP contribution is 2.38. The van der Waals surface area contributed by atoms with Crippen LogP contribution in [0.2, 0.25) is 0 Å². The molecule has 0 N–H and O–H groups in total. The average molecular weight is 393 g/mol. The molecule has 14 heavy (non-hydrogen) atoms. The van der Waals surface area contributed by atoms with Crippen LogP contribution in [0.5, 0.6) is 0 Å². The van der Waals surface area contributed by atoms with Gasteiger partial charge in [0, 0.05) is 0 Å². The lowest BCUT2D eigenvalue weighted by Gasteiger charge is -2.10. The van der Waals surface area contributed by atoms with Gasteiger partial charge in [-0.2, -0.15) is 0 Å². The SMILES string of the molecule is CCCCCCCCCCC(Br)(Br)Br. The Balaban J connectivity index is 2.99. The monoisotopic (exact) mass is 390 g/mol. The van der Waals surface area contributed by atoms with Crippen LogP contribution in [-0.4, -0.2) is 2.14 Å². The molecule has 0 aromatic rings. The van der Waals surface area contributed by atoms with Crippen LogP contribution < -0.4 is 0 Å². The van der Waals surface area contributed by atoms with Gasteiger partial charge in [-0.05, 0) is 6.42 Å². The molecule has 0 heterocycles. The van der Waals surface area contributed by atoms with E-state index in [-0.39, 0.29) is 2.14 Å². The smallest absolute Gasteiger partial charge is 0.0654 e. The van der Waals surface area contributed by atoms with E-state index in [0.29, 0.717) is 0 Å². The lowest BCUT2D eigenvalue weighted by molar-refractivity contribution is 0.570. The van der Waals surface area contributed by atoms with Crippen LogP contribution in [0.15, 0.2) is 0 Å². The first-order valence-corrected chi connectivity index (χ1v) is 8.01. The maximum absolute atomic E-state index is 3.52. The van der Waals surface area contributed by atoms with Crippen molar-refractivity contribution in [2.24, 2.45) is 0 Å². The van der Waals surface area contributed by atoms with Crippen molar-refractivity contribution in [1.29, 1.82) is 0 Å². The Labute approximate surface area is 114 Å². The van der Waals surface area contributed by atoms with Crippen LogP contribution >= 0.6 is 47.8 Å². The van der Waals surface area contributed by atoms with Crippen LogP contribution in [0.1, 0.15) is 64.7 Å². The second-order valence-corrected chi connectivity index (χ2v) is 11.1. The van der Waals surface area contributed by atoms with Gasteiger partial charge >= 0.3 is 0 Å². The maximum Gasteiger partial charge on any atom is 0.135 e. The lowest BCUT2D eigenvalue weighted by atomic mass is 10.1. The molecule has 0 bridgehead atoms.